The Hall–Kier alpha value is -0.860. The predicted molar refractivity (Wildman–Crippen MR) is 75.8 cm³/mol. The molecule has 3 rings (SSSR count). The Kier molecular flexibility index (Phi) is 3.67. The van der Waals surface area contributed by atoms with Gasteiger partial charge < -0.3 is 10.6 Å². The van der Waals surface area contributed by atoms with Crippen LogP contribution in [0.4, 0.5) is 0 Å². The number of hydrogen-bond acceptors (Lipinski definition) is 2. The number of piperidine rings is 1. The van der Waals surface area contributed by atoms with E-state index in [4.69, 9.17) is 0 Å². The van der Waals surface area contributed by atoms with Crippen molar-refractivity contribution < 1.29 is 0 Å². The summed E-state index contributed by atoms with van der Waals surface area (Å²) >= 11 is 0. The zero-order valence-corrected chi connectivity index (χ0v) is 11.1. The van der Waals surface area contributed by atoms with Crippen LogP contribution in [0.15, 0.2) is 30.3 Å². The number of rotatable bonds is 5. The average molecular weight is 244 g/mol. The van der Waals surface area contributed by atoms with Crippen LogP contribution in [0.1, 0.15) is 31.2 Å². The lowest BCUT2D eigenvalue weighted by Crippen LogP contribution is -2.46. The highest BCUT2D eigenvalue weighted by Gasteiger charge is 2.33. The quantitative estimate of drug-likeness (QED) is 0.830. The van der Waals surface area contributed by atoms with Crippen molar-refractivity contribution in [3.63, 3.8) is 0 Å². The van der Waals surface area contributed by atoms with Crippen LogP contribution in [0.2, 0.25) is 0 Å². The Morgan fingerprint density at radius 3 is 2.50 bits per heavy atom. The first-order chi connectivity index (χ1) is 8.89. The van der Waals surface area contributed by atoms with Gasteiger partial charge in [0.25, 0.3) is 0 Å². The van der Waals surface area contributed by atoms with Crippen LogP contribution in [0.3, 0.4) is 0 Å². The van der Waals surface area contributed by atoms with E-state index in [1.807, 2.05) is 0 Å². The van der Waals surface area contributed by atoms with Gasteiger partial charge in [0.1, 0.15) is 0 Å². The molecule has 1 saturated carbocycles. The Bertz CT molecular complexity index is 364. The highest BCUT2D eigenvalue weighted by Crippen LogP contribution is 2.33. The molecule has 98 valence electrons. The van der Waals surface area contributed by atoms with Crippen LogP contribution in [-0.2, 0) is 5.41 Å². The molecule has 2 heteroatoms. The Labute approximate surface area is 110 Å². The summed E-state index contributed by atoms with van der Waals surface area (Å²) < 4.78 is 0. The monoisotopic (exact) mass is 244 g/mol. The van der Waals surface area contributed by atoms with E-state index in [2.05, 4.69) is 41.0 Å². The minimum Gasteiger partial charge on any atom is -0.317 e. The van der Waals surface area contributed by atoms with Gasteiger partial charge in [0.05, 0.1) is 0 Å². The molecule has 0 amide bonds. The van der Waals surface area contributed by atoms with Gasteiger partial charge in [-0.3, -0.25) is 0 Å². The minimum atomic E-state index is 0.362. The summed E-state index contributed by atoms with van der Waals surface area (Å²) in [6, 6.07) is 11.1. The molecule has 1 saturated heterocycles. The van der Waals surface area contributed by atoms with Gasteiger partial charge in [0, 0.05) is 12.0 Å². The summed E-state index contributed by atoms with van der Waals surface area (Å²) in [7, 11) is 0. The maximum absolute atomic E-state index is 3.73. The molecule has 2 fully saturated rings. The Balaban J connectivity index is 1.70. The normalized spacial score (nSPS) is 22.9. The second-order valence-corrected chi connectivity index (χ2v) is 5.97. The second-order valence-electron chi connectivity index (χ2n) is 5.97. The van der Waals surface area contributed by atoms with Crippen LogP contribution in [0.5, 0.6) is 0 Å². The zero-order valence-electron chi connectivity index (χ0n) is 11.1. The van der Waals surface area contributed by atoms with Crippen molar-refractivity contribution in [2.45, 2.75) is 31.1 Å². The van der Waals surface area contributed by atoms with Crippen LogP contribution >= 0.6 is 0 Å². The maximum atomic E-state index is 3.73. The summed E-state index contributed by atoms with van der Waals surface area (Å²) in [4.78, 5) is 0. The first kappa shape index (κ1) is 12.2. The lowest BCUT2D eigenvalue weighted by Gasteiger charge is -2.38. The van der Waals surface area contributed by atoms with E-state index in [1.54, 1.807) is 0 Å². The lowest BCUT2D eigenvalue weighted by molar-refractivity contribution is 0.292. The molecule has 18 heavy (non-hydrogen) atoms. The summed E-state index contributed by atoms with van der Waals surface area (Å²) in [6.45, 7) is 4.68. The second kappa shape index (κ2) is 5.41. The van der Waals surface area contributed by atoms with Crippen molar-refractivity contribution in [3.8, 4) is 0 Å². The molecule has 1 aliphatic carbocycles. The summed E-state index contributed by atoms with van der Waals surface area (Å²) in [6.07, 6.45) is 5.39. The number of benzene rings is 1. The Morgan fingerprint density at radius 2 is 1.83 bits per heavy atom. The van der Waals surface area contributed by atoms with Gasteiger partial charge in [-0.25, -0.2) is 0 Å². The number of hydrogen-bond donors (Lipinski definition) is 2. The van der Waals surface area contributed by atoms with Gasteiger partial charge in [-0.2, -0.15) is 0 Å². The topological polar surface area (TPSA) is 24.1 Å². The standard InChI is InChI=1S/C16H24N2/c1-2-4-15(5-3-1)16(8-10-17-11-9-16)13-18-12-14-6-7-14/h1-5,14,17-18H,6-13H2. The first-order valence-corrected chi connectivity index (χ1v) is 7.36. The van der Waals surface area contributed by atoms with E-state index < -0.39 is 0 Å². The highest BCUT2D eigenvalue weighted by molar-refractivity contribution is 5.27. The zero-order chi connectivity index (χ0) is 12.3. The fourth-order valence-electron chi connectivity index (χ4n) is 3.10. The van der Waals surface area contributed by atoms with Gasteiger partial charge >= 0.3 is 0 Å². The molecule has 2 aliphatic rings. The third-order valence-corrected chi connectivity index (χ3v) is 4.54. The van der Waals surface area contributed by atoms with Crippen molar-refractivity contribution in [2.75, 3.05) is 26.2 Å². The third kappa shape index (κ3) is 2.76. The smallest absolute Gasteiger partial charge is 0.0102 e. The summed E-state index contributed by atoms with van der Waals surface area (Å²) in [5.41, 5.74) is 1.89. The molecule has 0 atom stereocenters. The average Bonchev–Trinajstić information content (AvgIpc) is 3.25. The molecule has 1 heterocycles. The van der Waals surface area contributed by atoms with Crippen molar-refractivity contribution in [2.24, 2.45) is 5.92 Å². The van der Waals surface area contributed by atoms with Gasteiger partial charge in [0.2, 0.25) is 0 Å². The number of nitrogens with one attached hydrogen (secondary N) is 2. The Morgan fingerprint density at radius 1 is 1.11 bits per heavy atom. The molecular formula is C16H24N2. The van der Waals surface area contributed by atoms with Crippen molar-refractivity contribution in [1.82, 2.24) is 10.6 Å². The molecule has 0 spiro atoms. The maximum Gasteiger partial charge on any atom is 0.0102 e. The fourth-order valence-corrected chi connectivity index (χ4v) is 3.10. The van der Waals surface area contributed by atoms with Crippen LogP contribution in [0, 0.1) is 5.92 Å². The first-order valence-electron chi connectivity index (χ1n) is 7.36. The van der Waals surface area contributed by atoms with Crippen molar-refractivity contribution in [3.05, 3.63) is 35.9 Å². The van der Waals surface area contributed by atoms with E-state index in [0.29, 0.717) is 5.41 Å². The molecule has 2 nitrogen and oxygen atoms in total. The van der Waals surface area contributed by atoms with Gasteiger partial charge in [-0.15, -0.1) is 0 Å². The van der Waals surface area contributed by atoms with E-state index in [0.717, 1.165) is 25.6 Å². The van der Waals surface area contributed by atoms with Crippen molar-refractivity contribution in [1.29, 1.82) is 0 Å². The largest absolute Gasteiger partial charge is 0.317 e. The SMILES string of the molecule is c1ccc(C2(CNCC3CC3)CCNCC2)cc1. The lowest BCUT2D eigenvalue weighted by atomic mass is 9.73. The van der Waals surface area contributed by atoms with E-state index in [9.17, 15) is 0 Å². The molecule has 1 aromatic rings. The van der Waals surface area contributed by atoms with E-state index in [1.165, 1.54) is 37.8 Å². The summed E-state index contributed by atoms with van der Waals surface area (Å²) in [5.74, 6) is 0.972. The van der Waals surface area contributed by atoms with Gasteiger partial charge in [-0.1, -0.05) is 30.3 Å². The fraction of sp³-hybridized carbons (Fsp3) is 0.625. The molecule has 0 radical (unpaired) electrons. The van der Waals surface area contributed by atoms with Gasteiger partial charge in [-0.05, 0) is 56.8 Å². The minimum absolute atomic E-state index is 0.362. The van der Waals surface area contributed by atoms with Crippen LogP contribution in [-0.4, -0.2) is 26.2 Å². The molecule has 1 aromatic carbocycles. The molecular weight excluding hydrogens is 220 g/mol. The van der Waals surface area contributed by atoms with Gasteiger partial charge in [0.15, 0.2) is 0 Å². The molecule has 1 aliphatic heterocycles. The highest BCUT2D eigenvalue weighted by atomic mass is 14.9. The van der Waals surface area contributed by atoms with Crippen molar-refractivity contribution >= 4 is 0 Å². The molecule has 2 N–H and O–H groups in total. The third-order valence-electron chi connectivity index (χ3n) is 4.54. The van der Waals surface area contributed by atoms with E-state index >= 15 is 0 Å². The molecule has 0 bridgehead atoms. The van der Waals surface area contributed by atoms with E-state index in [-0.39, 0.29) is 0 Å². The molecule has 0 unspecified atom stereocenters. The van der Waals surface area contributed by atoms with Crippen LogP contribution in [0.25, 0.3) is 0 Å². The molecule has 0 aromatic heterocycles. The predicted octanol–water partition coefficient (Wildman–Crippen LogP) is 2.31. The van der Waals surface area contributed by atoms with Crippen LogP contribution < -0.4 is 10.6 Å². The summed E-state index contributed by atoms with van der Waals surface area (Å²) in [5, 5.41) is 7.22.